The molecule has 128 valence electrons. The summed E-state index contributed by atoms with van der Waals surface area (Å²) in [6.45, 7) is 2.41. The van der Waals surface area contributed by atoms with Crippen LogP contribution in [0.5, 0.6) is 0 Å². The number of rotatable bonds is 4. The van der Waals surface area contributed by atoms with Crippen molar-refractivity contribution in [1.29, 1.82) is 0 Å². The molecule has 2 saturated carbocycles. The molecule has 0 aromatic heterocycles. The number of hydrogen-bond donors (Lipinski definition) is 0. The van der Waals surface area contributed by atoms with Gasteiger partial charge in [0.2, 0.25) is 0 Å². The average Bonchev–Trinajstić information content (AvgIpc) is 2.57. The lowest BCUT2D eigenvalue weighted by Gasteiger charge is -2.37. The molecule has 0 aliphatic heterocycles. The van der Waals surface area contributed by atoms with Gasteiger partial charge in [0.15, 0.2) is 0 Å². The summed E-state index contributed by atoms with van der Waals surface area (Å²) < 4.78 is 13.5. The van der Waals surface area contributed by atoms with Gasteiger partial charge in [-0.05, 0) is 73.8 Å². The monoisotopic (exact) mass is 336 g/mol. The van der Waals surface area contributed by atoms with E-state index in [-0.39, 0.29) is 5.82 Å². The minimum Gasteiger partial charge on any atom is -0.205 e. The van der Waals surface area contributed by atoms with Gasteiger partial charge in [0.1, 0.15) is 5.82 Å². The lowest BCUT2D eigenvalue weighted by Crippen LogP contribution is -2.25. The predicted molar refractivity (Wildman–Crippen MR) is 96.3 cm³/mol. The Morgan fingerprint density at radius 1 is 0.957 bits per heavy atom. The quantitative estimate of drug-likeness (QED) is 0.552. The highest BCUT2D eigenvalue weighted by molar-refractivity contribution is 6.31. The van der Waals surface area contributed by atoms with Gasteiger partial charge in [-0.1, -0.05) is 56.3 Å². The number of hydrogen-bond acceptors (Lipinski definition) is 0. The fourth-order valence-corrected chi connectivity index (χ4v) is 5.03. The first-order valence-electron chi connectivity index (χ1n) is 9.56. The molecule has 0 nitrogen and oxygen atoms in total. The van der Waals surface area contributed by atoms with Crippen molar-refractivity contribution in [2.45, 2.75) is 71.1 Å². The molecule has 0 radical (unpaired) electrons. The molecule has 0 amide bonds. The van der Waals surface area contributed by atoms with Crippen LogP contribution in [0.4, 0.5) is 4.39 Å². The van der Waals surface area contributed by atoms with Gasteiger partial charge in [-0.15, -0.1) is 0 Å². The van der Waals surface area contributed by atoms with E-state index < -0.39 is 0 Å². The molecular formula is C21H30ClF. The van der Waals surface area contributed by atoms with Crippen molar-refractivity contribution in [3.63, 3.8) is 0 Å². The smallest absolute Gasteiger partial charge is 0.142 e. The first-order chi connectivity index (χ1) is 11.1. The SMILES string of the molecule is CC1CCC(C2CCC(CCc3cccc(F)c3Cl)CC2)CC1. The van der Waals surface area contributed by atoms with Gasteiger partial charge in [-0.25, -0.2) is 4.39 Å². The van der Waals surface area contributed by atoms with Crippen molar-refractivity contribution in [2.24, 2.45) is 23.7 Å². The van der Waals surface area contributed by atoms with Crippen molar-refractivity contribution in [3.8, 4) is 0 Å². The van der Waals surface area contributed by atoms with E-state index in [1.54, 1.807) is 6.07 Å². The van der Waals surface area contributed by atoms with Gasteiger partial charge in [0, 0.05) is 0 Å². The van der Waals surface area contributed by atoms with Gasteiger partial charge in [0.05, 0.1) is 5.02 Å². The molecule has 3 rings (SSSR count). The second-order valence-electron chi connectivity index (χ2n) is 8.05. The summed E-state index contributed by atoms with van der Waals surface area (Å²) in [4.78, 5) is 0. The van der Waals surface area contributed by atoms with Crippen LogP contribution in [0.3, 0.4) is 0 Å². The summed E-state index contributed by atoms with van der Waals surface area (Å²) in [5.74, 6) is 3.48. The zero-order chi connectivity index (χ0) is 16.2. The number of benzene rings is 1. The zero-order valence-electron chi connectivity index (χ0n) is 14.4. The molecule has 0 unspecified atom stereocenters. The van der Waals surface area contributed by atoms with Crippen LogP contribution in [-0.4, -0.2) is 0 Å². The molecule has 0 atom stereocenters. The van der Waals surface area contributed by atoms with Gasteiger partial charge in [-0.2, -0.15) is 0 Å². The van der Waals surface area contributed by atoms with Crippen LogP contribution >= 0.6 is 11.6 Å². The highest BCUT2D eigenvalue weighted by atomic mass is 35.5. The zero-order valence-corrected chi connectivity index (χ0v) is 15.1. The molecular weight excluding hydrogens is 307 g/mol. The van der Waals surface area contributed by atoms with E-state index in [0.29, 0.717) is 5.02 Å². The molecule has 0 heterocycles. The maximum Gasteiger partial charge on any atom is 0.142 e. The summed E-state index contributed by atoms with van der Waals surface area (Å²) in [7, 11) is 0. The fourth-order valence-electron chi connectivity index (χ4n) is 4.81. The Morgan fingerprint density at radius 3 is 2.22 bits per heavy atom. The summed E-state index contributed by atoms with van der Waals surface area (Å²) in [5, 5.41) is 0.331. The highest BCUT2D eigenvalue weighted by Crippen LogP contribution is 2.42. The molecule has 1 aromatic carbocycles. The number of aryl methyl sites for hydroxylation is 1. The first kappa shape index (κ1) is 17.3. The standard InChI is InChI=1S/C21H30ClF/c1-15-5-10-17(11-6-15)18-12-7-16(8-13-18)9-14-19-3-2-4-20(23)21(19)22/h2-4,15-18H,5-14H2,1H3. The van der Waals surface area contributed by atoms with Gasteiger partial charge in [0.25, 0.3) is 0 Å². The third-order valence-electron chi connectivity index (χ3n) is 6.47. The molecule has 2 aliphatic carbocycles. The molecule has 0 bridgehead atoms. The van der Waals surface area contributed by atoms with E-state index in [2.05, 4.69) is 6.92 Å². The van der Waals surface area contributed by atoms with Crippen molar-refractivity contribution < 1.29 is 4.39 Å². The van der Waals surface area contributed by atoms with Crippen LogP contribution in [0.25, 0.3) is 0 Å². The molecule has 0 spiro atoms. The van der Waals surface area contributed by atoms with E-state index in [4.69, 9.17) is 11.6 Å². The average molecular weight is 337 g/mol. The van der Waals surface area contributed by atoms with Crippen molar-refractivity contribution in [1.82, 2.24) is 0 Å². The van der Waals surface area contributed by atoms with Crippen molar-refractivity contribution in [3.05, 3.63) is 34.6 Å². The first-order valence-corrected chi connectivity index (χ1v) is 9.94. The van der Waals surface area contributed by atoms with Gasteiger partial charge in [-0.3, -0.25) is 0 Å². The second-order valence-corrected chi connectivity index (χ2v) is 8.43. The van der Waals surface area contributed by atoms with Crippen LogP contribution in [-0.2, 0) is 6.42 Å². The summed E-state index contributed by atoms with van der Waals surface area (Å²) in [5.41, 5.74) is 0.982. The van der Waals surface area contributed by atoms with Crippen LogP contribution < -0.4 is 0 Å². The Kier molecular flexibility index (Phi) is 6.01. The Morgan fingerprint density at radius 2 is 1.57 bits per heavy atom. The predicted octanol–water partition coefficient (Wildman–Crippen LogP) is 7.04. The normalized spacial score (nSPS) is 32.0. The Balaban J connectivity index is 1.43. The molecule has 2 heteroatoms. The molecule has 23 heavy (non-hydrogen) atoms. The summed E-state index contributed by atoms with van der Waals surface area (Å²) in [6, 6.07) is 5.19. The maximum absolute atomic E-state index is 13.5. The van der Waals surface area contributed by atoms with Gasteiger partial charge < -0.3 is 0 Å². The summed E-state index contributed by atoms with van der Waals surface area (Å²) in [6.07, 6.45) is 13.5. The topological polar surface area (TPSA) is 0 Å². The summed E-state index contributed by atoms with van der Waals surface area (Å²) >= 11 is 6.07. The molecule has 2 aliphatic rings. The largest absolute Gasteiger partial charge is 0.205 e. The highest BCUT2D eigenvalue weighted by Gasteiger charge is 2.29. The van der Waals surface area contributed by atoms with Gasteiger partial charge >= 0.3 is 0 Å². The molecule has 2 fully saturated rings. The minimum atomic E-state index is -0.278. The van der Waals surface area contributed by atoms with Crippen LogP contribution in [0.1, 0.15) is 70.3 Å². The van der Waals surface area contributed by atoms with Crippen molar-refractivity contribution in [2.75, 3.05) is 0 Å². The lowest BCUT2D eigenvalue weighted by molar-refractivity contribution is 0.148. The van der Waals surface area contributed by atoms with E-state index in [1.165, 1.54) is 57.4 Å². The third kappa shape index (κ3) is 4.50. The van der Waals surface area contributed by atoms with E-state index in [1.807, 2.05) is 6.07 Å². The Labute approximate surface area is 145 Å². The van der Waals surface area contributed by atoms with Crippen LogP contribution in [0, 0.1) is 29.5 Å². The van der Waals surface area contributed by atoms with E-state index in [9.17, 15) is 4.39 Å². The van der Waals surface area contributed by atoms with Crippen LogP contribution in [0.15, 0.2) is 18.2 Å². The maximum atomic E-state index is 13.5. The fraction of sp³-hybridized carbons (Fsp3) is 0.714. The Hall–Kier alpha value is -0.560. The van der Waals surface area contributed by atoms with E-state index in [0.717, 1.165) is 42.1 Å². The van der Waals surface area contributed by atoms with Crippen molar-refractivity contribution >= 4 is 11.6 Å². The third-order valence-corrected chi connectivity index (χ3v) is 6.90. The van der Waals surface area contributed by atoms with E-state index >= 15 is 0 Å². The second kappa shape index (κ2) is 8.01. The molecule has 0 saturated heterocycles. The lowest BCUT2D eigenvalue weighted by atomic mass is 9.69. The number of halogens is 2. The Bertz CT molecular complexity index is 497. The molecule has 1 aromatic rings. The minimum absolute atomic E-state index is 0.278. The molecule has 0 N–H and O–H groups in total. The van der Waals surface area contributed by atoms with Crippen LogP contribution in [0.2, 0.25) is 5.02 Å².